The van der Waals surface area contributed by atoms with Gasteiger partial charge in [-0.25, -0.2) is 4.98 Å². The van der Waals surface area contributed by atoms with Gasteiger partial charge in [0.15, 0.2) is 0 Å². The minimum Gasteiger partial charge on any atom is -0.356 e. The molecule has 0 radical (unpaired) electrons. The fourth-order valence-corrected chi connectivity index (χ4v) is 1.83. The smallest absolute Gasteiger partial charge is 0.356 e. The fraction of sp³-hybridized carbons (Fsp3) is 0.545. The van der Waals surface area contributed by atoms with Gasteiger partial charge in [-0.3, -0.25) is 0 Å². The number of alkyl halides is 3. The first-order valence-corrected chi connectivity index (χ1v) is 5.90. The van der Waals surface area contributed by atoms with E-state index in [2.05, 4.69) is 15.1 Å². The Bertz CT molecular complexity index is 563. The number of hydrogen-bond acceptors (Lipinski definition) is 4. The summed E-state index contributed by atoms with van der Waals surface area (Å²) in [5, 5.41) is 3.99. The van der Waals surface area contributed by atoms with Gasteiger partial charge in [0, 0.05) is 24.8 Å². The number of rotatable bonds is 4. The van der Waals surface area contributed by atoms with Gasteiger partial charge in [0.05, 0.1) is 6.42 Å². The summed E-state index contributed by atoms with van der Waals surface area (Å²) < 4.78 is 38.4. The lowest BCUT2D eigenvalue weighted by molar-refractivity contribution is -0.132. The van der Waals surface area contributed by atoms with E-state index in [0.29, 0.717) is 23.8 Å². The van der Waals surface area contributed by atoms with E-state index in [4.69, 9.17) is 0 Å². The standard InChI is InChI=1S/C11H14F3N5/c1-3-18(5-4-11(12,13)14)9-6-8(2)17-10-15-7-16-19(9)10/h6-7H,3-5H2,1-2H3. The zero-order valence-corrected chi connectivity index (χ0v) is 10.6. The van der Waals surface area contributed by atoms with Crippen molar-refractivity contribution >= 4 is 11.6 Å². The van der Waals surface area contributed by atoms with Gasteiger partial charge in [0.2, 0.25) is 0 Å². The number of aryl methyl sites for hydroxylation is 1. The molecule has 2 heterocycles. The average molecular weight is 273 g/mol. The van der Waals surface area contributed by atoms with Gasteiger partial charge in [-0.15, -0.1) is 0 Å². The third-order valence-corrected chi connectivity index (χ3v) is 2.73. The Hall–Kier alpha value is -1.86. The summed E-state index contributed by atoms with van der Waals surface area (Å²) in [7, 11) is 0. The van der Waals surface area contributed by atoms with Crippen molar-refractivity contribution in [3.8, 4) is 0 Å². The first-order chi connectivity index (χ1) is 8.90. The van der Waals surface area contributed by atoms with E-state index in [1.807, 2.05) is 0 Å². The predicted molar refractivity (Wildman–Crippen MR) is 64.1 cm³/mol. The quantitative estimate of drug-likeness (QED) is 0.857. The molecule has 0 spiro atoms. The SMILES string of the molecule is CCN(CCC(F)(F)F)c1cc(C)nc2ncnn12. The van der Waals surface area contributed by atoms with Crippen LogP contribution in [0.2, 0.25) is 0 Å². The molecule has 104 valence electrons. The van der Waals surface area contributed by atoms with Crippen LogP contribution < -0.4 is 4.90 Å². The molecule has 0 saturated heterocycles. The second-order valence-corrected chi connectivity index (χ2v) is 4.17. The summed E-state index contributed by atoms with van der Waals surface area (Å²) in [5.41, 5.74) is 0.695. The third-order valence-electron chi connectivity index (χ3n) is 2.73. The molecule has 0 aliphatic rings. The molecule has 2 rings (SSSR count). The third kappa shape index (κ3) is 3.12. The van der Waals surface area contributed by atoms with Crippen LogP contribution in [-0.4, -0.2) is 38.8 Å². The van der Waals surface area contributed by atoms with Gasteiger partial charge >= 0.3 is 6.18 Å². The number of anilines is 1. The molecule has 0 bridgehead atoms. The maximum atomic E-state index is 12.3. The molecule has 19 heavy (non-hydrogen) atoms. The molecule has 0 aromatic carbocycles. The lowest BCUT2D eigenvalue weighted by Gasteiger charge is -2.24. The van der Waals surface area contributed by atoms with E-state index in [-0.39, 0.29) is 6.54 Å². The van der Waals surface area contributed by atoms with Crippen LogP contribution in [0.25, 0.3) is 5.78 Å². The van der Waals surface area contributed by atoms with Crippen LogP contribution in [0.1, 0.15) is 19.0 Å². The number of fused-ring (bicyclic) bond motifs is 1. The molecule has 0 aliphatic heterocycles. The number of aromatic nitrogens is 4. The van der Waals surface area contributed by atoms with Crippen LogP contribution >= 0.6 is 0 Å². The zero-order valence-electron chi connectivity index (χ0n) is 10.6. The van der Waals surface area contributed by atoms with Crippen molar-refractivity contribution in [2.24, 2.45) is 0 Å². The Kier molecular flexibility index (Phi) is 3.59. The van der Waals surface area contributed by atoms with Crippen molar-refractivity contribution < 1.29 is 13.2 Å². The van der Waals surface area contributed by atoms with Crippen LogP contribution in [0.3, 0.4) is 0 Å². The van der Waals surface area contributed by atoms with Crippen molar-refractivity contribution in [2.45, 2.75) is 26.4 Å². The van der Waals surface area contributed by atoms with Gasteiger partial charge in [0.1, 0.15) is 12.1 Å². The van der Waals surface area contributed by atoms with Crippen molar-refractivity contribution in [1.82, 2.24) is 19.6 Å². The van der Waals surface area contributed by atoms with E-state index < -0.39 is 12.6 Å². The summed E-state index contributed by atoms with van der Waals surface area (Å²) in [6.07, 6.45) is -3.70. The lowest BCUT2D eigenvalue weighted by Crippen LogP contribution is -2.29. The topological polar surface area (TPSA) is 46.3 Å². The molecule has 0 aliphatic carbocycles. The second-order valence-electron chi connectivity index (χ2n) is 4.17. The van der Waals surface area contributed by atoms with Gasteiger partial charge in [-0.05, 0) is 13.8 Å². The van der Waals surface area contributed by atoms with E-state index in [1.54, 1.807) is 24.8 Å². The van der Waals surface area contributed by atoms with Crippen LogP contribution in [-0.2, 0) is 0 Å². The summed E-state index contributed by atoms with van der Waals surface area (Å²) >= 11 is 0. The lowest BCUT2D eigenvalue weighted by atomic mass is 10.3. The molecule has 5 nitrogen and oxygen atoms in total. The normalized spacial score (nSPS) is 12.1. The second kappa shape index (κ2) is 5.02. The van der Waals surface area contributed by atoms with E-state index in [9.17, 15) is 13.2 Å². The summed E-state index contributed by atoms with van der Waals surface area (Å²) in [6, 6.07) is 1.71. The van der Waals surface area contributed by atoms with Crippen molar-refractivity contribution in [3.63, 3.8) is 0 Å². The monoisotopic (exact) mass is 273 g/mol. The molecular formula is C11H14F3N5. The summed E-state index contributed by atoms with van der Waals surface area (Å²) in [5.74, 6) is 0.965. The highest BCUT2D eigenvalue weighted by Crippen LogP contribution is 2.22. The maximum absolute atomic E-state index is 12.3. The Labute approximate surface area is 108 Å². The molecular weight excluding hydrogens is 259 g/mol. The molecule has 2 aromatic heterocycles. The molecule has 0 atom stereocenters. The van der Waals surface area contributed by atoms with E-state index >= 15 is 0 Å². The Morgan fingerprint density at radius 2 is 2.11 bits per heavy atom. The first kappa shape index (κ1) is 13.6. The first-order valence-electron chi connectivity index (χ1n) is 5.90. The van der Waals surface area contributed by atoms with Crippen molar-refractivity contribution in [2.75, 3.05) is 18.0 Å². The number of halogens is 3. The minimum atomic E-state index is -4.17. The van der Waals surface area contributed by atoms with E-state index in [0.717, 1.165) is 0 Å². The maximum Gasteiger partial charge on any atom is 0.390 e. The minimum absolute atomic E-state index is 0.113. The Morgan fingerprint density at radius 3 is 2.74 bits per heavy atom. The van der Waals surface area contributed by atoms with Gasteiger partial charge < -0.3 is 4.90 Å². The van der Waals surface area contributed by atoms with Gasteiger partial charge in [-0.1, -0.05) is 0 Å². The Balaban J connectivity index is 2.32. The highest BCUT2D eigenvalue weighted by Gasteiger charge is 2.28. The average Bonchev–Trinajstić information content (AvgIpc) is 2.75. The fourth-order valence-electron chi connectivity index (χ4n) is 1.83. The predicted octanol–water partition coefficient (Wildman–Crippen LogP) is 2.21. The van der Waals surface area contributed by atoms with Crippen LogP contribution in [0, 0.1) is 6.92 Å². The molecule has 0 amide bonds. The Morgan fingerprint density at radius 1 is 1.37 bits per heavy atom. The molecule has 2 aromatic rings. The van der Waals surface area contributed by atoms with Gasteiger partial charge in [-0.2, -0.15) is 27.8 Å². The van der Waals surface area contributed by atoms with Crippen LogP contribution in [0.5, 0.6) is 0 Å². The van der Waals surface area contributed by atoms with E-state index in [1.165, 1.54) is 10.8 Å². The zero-order chi connectivity index (χ0) is 14.0. The van der Waals surface area contributed by atoms with Crippen molar-refractivity contribution in [1.29, 1.82) is 0 Å². The molecule has 8 heteroatoms. The molecule has 0 unspecified atom stereocenters. The molecule has 0 N–H and O–H groups in total. The van der Waals surface area contributed by atoms with Crippen LogP contribution in [0.4, 0.5) is 19.0 Å². The number of nitrogens with zero attached hydrogens (tertiary/aromatic N) is 5. The molecule has 0 fully saturated rings. The summed E-state index contributed by atoms with van der Waals surface area (Å²) in [4.78, 5) is 9.73. The highest BCUT2D eigenvalue weighted by atomic mass is 19.4. The van der Waals surface area contributed by atoms with Crippen LogP contribution in [0.15, 0.2) is 12.4 Å². The van der Waals surface area contributed by atoms with Gasteiger partial charge in [0.25, 0.3) is 5.78 Å². The largest absolute Gasteiger partial charge is 0.390 e. The van der Waals surface area contributed by atoms with Crippen molar-refractivity contribution in [3.05, 3.63) is 18.1 Å². The molecule has 0 saturated carbocycles. The summed E-state index contributed by atoms with van der Waals surface area (Å²) in [6.45, 7) is 3.91. The number of hydrogen-bond donors (Lipinski definition) is 0. The highest BCUT2D eigenvalue weighted by molar-refractivity contribution is 5.47.